The maximum Gasteiger partial charge on any atom is 0.193 e. The summed E-state index contributed by atoms with van der Waals surface area (Å²) >= 11 is 0. The average Bonchev–Trinajstić information content (AvgIpc) is 3.74. The van der Waals surface area contributed by atoms with Gasteiger partial charge in [0.2, 0.25) is 0 Å². The molecule has 6 rings (SSSR count). The van der Waals surface area contributed by atoms with Gasteiger partial charge in [-0.15, -0.1) is 0 Å². The van der Waals surface area contributed by atoms with Crippen molar-refractivity contribution in [2.24, 2.45) is 35.5 Å². The summed E-state index contributed by atoms with van der Waals surface area (Å²) in [5, 5.41) is 7.53. The van der Waals surface area contributed by atoms with E-state index in [0.717, 1.165) is 88.8 Å². The van der Waals surface area contributed by atoms with Gasteiger partial charge in [-0.2, -0.15) is 0 Å². The molecule has 0 saturated heterocycles. The molecule has 0 aromatic heterocycles. The average molecular weight is 1010 g/mol. The molecular formula is C58H100O8Si3. The molecule has 0 amide bonds. The lowest BCUT2D eigenvalue weighted by Crippen LogP contribution is -2.43. The standard InChI is InChI=1S/C31H52O4Si2.C25H40O3Si.CH4O.CH4/c1-21(20-34-36(9,10)30(2,3)4)16-17-24-26(32)19-22-18-25-23(14-13-15-27(25)33-8)29(28(22)24)35-37(11,12)31(5,6)7;1-17(16-28-29(6,7)25(2,3)4)11-12-20-21-13-18-9-8-10-24(27-5)22(18)14-19(21)15-23(20)26;1-2;/h13-15,21-22,29H,16-20H2,1-12H3;8-10,17,19-21H,11-16H2,1-7H3;2H,1H3;1H4/t21-,22+,29-;17-,19+,20?,21+;;/m11../s1. The number of fused-ring (bicyclic) bond motifs is 4. The minimum Gasteiger partial charge on any atom is -0.496 e. The van der Waals surface area contributed by atoms with Gasteiger partial charge in [0.1, 0.15) is 17.3 Å². The molecule has 1 unspecified atom stereocenters. The molecule has 0 aliphatic heterocycles. The second-order valence-electron chi connectivity index (χ2n) is 25.4. The maximum absolute atomic E-state index is 13.5. The summed E-state index contributed by atoms with van der Waals surface area (Å²) in [4.78, 5) is 26.3. The molecule has 4 aliphatic carbocycles. The van der Waals surface area contributed by atoms with Gasteiger partial charge in [-0.05, 0) is 169 Å². The fraction of sp³-hybridized carbons (Fsp3) is 0.724. The van der Waals surface area contributed by atoms with Gasteiger partial charge < -0.3 is 27.9 Å². The number of hydrogen-bond donors (Lipinski definition) is 1. The Hall–Kier alpha value is -2.39. The SMILES string of the molecule is C.CO.COc1cccc2c1C[C@H]1CC(=O)C(CC[C@@H](C)CO[Si](C)(C)C(C)(C)C)=C1[C@@H]2O[Si](C)(C)C(C)(C)C.COc1cccc2c1C[C@H]1CC(=O)C(CC[C@@H](C)CO[Si](C)(C)C(C)(C)C)[C@H]1C2. The highest BCUT2D eigenvalue weighted by Gasteiger charge is 2.48. The number of allylic oxidation sites excluding steroid dienone is 1. The summed E-state index contributed by atoms with van der Waals surface area (Å²) in [6.45, 7) is 40.6. The Balaban J connectivity index is 0.000000357. The Kier molecular flexibility index (Phi) is 21.3. The van der Waals surface area contributed by atoms with Crippen molar-refractivity contribution >= 4 is 36.5 Å². The lowest BCUT2D eigenvalue weighted by molar-refractivity contribution is -0.121. The highest BCUT2D eigenvalue weighted by Crippen LogP contribution is 2.53. The van der Waals surface area contributed by atoms with Gasteiger partial charge in [0, 0.05) is 44.6 Å². The molecule has 1 fully saturated rings. The number of rotatable bonds is 16. The summed E-state index contributed by atoms with van der Waals surface area (Å²) < 4.78 is 31.4. The molecule has 0 bridgehead atoms. The van der Waals surface area contributed by atoms with Gasteiger partial charge in [-0.25, -0.2) is 0 Å². The van der Waals surface area contributed by atoms with Crippen LogP contribution in [0.2, 0.25) is 54.4 Å². The van der Waals surface area contributed by atoms with Crippen molar-refractivity contribution in [1.29, 1.82) is 0 Å². The molecule has 0 spiro atoms. The summed E-state index contributed by atoms with van der Waals surface area (Å²) in [5.74, 6) is 5.07. The number of Topliss-reactive ketones (excluding diaryl/α,β-unsaturated/α-hetero) is 2. The van der Waals surface area contributed by atoms with E-state index in [1.54, 1.807) is 14.2 Å². The zero-order chi connectivity index (χ0) is 51.4. The first-order valence-corrected chi connectivity index (χ1v) is 34.6. The highest BCUT2D eigenvalue weighted by atomic mass is 28.4. The molecule has 0 radical (unpaired) electrons. The number of ketones is 2. The van der Waals surface area contributed by atoms with Gasteiger partial charge in [0.25, 0.3) is 0 Å². The first-order valence-electron chi connectivity index (χ1n) is 25.9. The summed E-state index contributed by atoms with van der Waals surface area (Å²) in [6.07, 6.45) is 7.93. The molecule has 4 aliphatic rings. The lowest BCUT2D eigenvalue weighted by Gasteiger charge is -2.43. The van der Waals surface area contributed by atoms with Gasteiger partial charge in [0.15, 0.2) is 30.7 Å². The van der Waals surface area contributed by atoms with Gasteiger partial charge in [-0.3, -0.25) is 9.59 Å². The molecule has 69 heavy (non-hydrogen) atoms. The van der Waals surface area contributed by atoms with Gasteiger partial charge in [-0.1, -0.05) is 108 Å². The van der Waals surface area contributed by atoms with Crippen molar-refractivity contribution in [3.05, 3.63) is 69.8 Å². The van der Waals surface area contributed by atoms with Crippen LogP contribution in [0.15, 0.2) is 47.5 Å². The Morgan fingerprint density at radius 3 is 1.68 bits per heavy atom. The molecule has 8 nitrogen and oxygen atoms in total. The van der Waals surface area contributed by atoms with Crippen LogP contribution in [0, 0.1) is 35.5 Å². The minimum absolute atomic E-state index is 0. The molecule has 0 heterocycles. The van der Waals surface area contributed by atoms with Crippen molar-refractivity contribution in [3.63, 3.8) is 0 Å². The lowest BCUT2D eigenvalue weighted by atomic mass is 9.73. The van der Waals surface area contributed by atoms with Crippen LogP contribution in [-0.2, 0) is 42.1 Å². The summed E-state index contributed by atoms with van der Waals surface area (Å²) in [7, 11) is -1.09. The van der Waals surface area contributed by atoms with Crippen LogP contribution in [0.3, 0.4) is 0 Å². The van der Waals surface area contributed by atoms with Crippen LogP contribution in [-0.4, -0.2) is 76.2 Å². The maximum atomic E-state index is 13.5. The van der Waals surface area contributed by atoms with E-state index in [4.69, 9.17) is 27.9 Å². The number of aliphatic hydroxyl groups is 1. The van der Waals surface area contributed by atoms with E-state index in [2.05, 4.69) is 146 Å². The van der Waals surface area contributed by atoms with Crippen molar-refractivity contribution in [1.82, 2.24) is 0 Å². The number of benzene rings is 2. The number of methoxy groups -OCH3 is 2. The second kappa shape index (κ2) is 24.1. The van der Waals surface area contributed by atoms with Crippen LogP contribution in [0.1, 0.15) is 150 Å². The quantitative estimate of drug-likeness (QED) is 0.166. The first-order chi connectivity index (χ1) is 31.4. The van der Waals surface area contributed by atoms with Crippen LogP contribution in [0.25, 0.3) is 0 Å². The van der Waals surface area contributed by atoms with Crippen molar-refractivity contribution in [2.75, 3.05) is 34.5 Å². The zero-order valence-corrected chi connectivity index (χ0v) is 49.6. The van der Waals surface area contributed by atoms with Crippen LogP contribution in [0.5, 0.6) is 11.5 Å². The van der Waals surface area contributed by atoms with Gasteiger partial charge in [0.05, 0.1) is 20.3 Å². The first kappa shape index (κ1) is 60.9. The van der Waals surface area contributed by atoms with Crippen LogP contribution >= 0.6 is 0 Å². The Morgan fingerprint density at radius 1 is 0.652 bits per heavy atom. The Bertz CT molecular complexity index is 2050. The fourth-order valence-electron chi connectivity index (χ4n) is 9.89. The van der Waals surface area contributed by atoms with Crippen molar-refractivity contribution in [2.45, 2.75) is 202 Å². The smallest absolute Gasteiger partial charge is 0.193 e. The largest absolute Gasteiger partial charge is 0.496 e. The molecule has 11 heteroatoms. The third-order valence-corrected chi connectivity index (χ3v) is 30.9. The third-order valence-electron chi connectivity index (χ3n) is 17.5. The Labute approximate surface area is 425 Å². The fourth-order valence-corrected chi connectivity index (χ4v) is 13.4. The minimum atomic E-state index is -2.10. The predicted octanol–water partition coefficient (Wildman–Crippen LogP) is 14.9. The van der Waals surface area contributed by atoms with Crippen LogP contribution in [0.4, 0.5) is 0 Å². The normalized spacial score (nSPS) is 22.4. The van der Waals surface area contributed by atoms with E-state index >= 15 is 0 Å². The molecular weight excluding hydrogens is 909 g/mol. The number of ether oxygens (including phenoxy) is 2. The van der Waals surface area contributed by atoms with E-state index in [1.807, 2.05) is 6.07 Å². The monoisotopic (exact) mass is 1010 g/mol. The summed E-state index contributed by atoms with van der Waals surface area (Å²) in [5.41, 5.74) is 7.42. The number of carbonyl (C=O) groups is 2. The second-order valence-corrected chi connectivity index (χ2v) is 39.8. The molecule has 392 valence electrons. The van der Waals surface area contributed by atoms with E-state index < -0.39 is 25.0 Å². The molecule has 2 aromatic rings. The third kappa shape index (κ3) is 14.4. The van der Waals surface area contributed by atoms with Crippen LogP contribution < -0.4 is 9.47 Å². The Morgan fingerprint density at radius 2 is 1.16 bits per heavy atom. The highest BCUT2D eigenvalue weighted by molar-refractivity contribution is 6.75. The van der Waals surface area contributed by atoms with Crippen molar-refractivity contribution < 1.29 is 37.4 Å². The molecule has 1 saturated carbocycles. The van der Waals surface area contributed by atoms with E-state index in [0.29, 0.717) is 41.7 Å². The predicted molar refractivity (Wildman–Crippen MR) is 296 cm³/mol. The molecule has 1 N–H and O–H groups in total. The number of carbonyl (C=O) groups excluding carboxylic acids is 2. The zero-order valence-electron chi connectivity index (χ0n) is 46.6. The van der Waals surface area contributed by atoms with Crippen molar-refractivity contribution in [3.8, 4) is 11.5 Å². The van der Waals surface area contributed by atoms with E-state index in [9.17, 15) is 9.59 Å². The molecule has 7 atom stereocenters. The number of aliphatic hydroxyl groups excluding tert-OH is 1. The van der Waals surface area contributed by atoms with E-state index in [1.165, 1.54) is 27.8 Å². The van der Waals surface area contributed by atoms with E-state index in [-0.39, 0.29) is 40.5 Å². The molecule has 2 aromatic carbocycles. The summed E-state index contributed by atoms with van der Waals surface area (Å²) in [6, 6.07) is 12.7. The topological polar surface area (TPSA) is 101 Å². The number of hydrogen-bond acceptors (Lipinski definition) is 8. The van der Waals surface area contributed by atoms with Gasteiger partial charge >= 0.3 is 0 Å².